The molecule has 1 amide bonds. The van der Waals surface area contributed by atoms with Gasteiger partial charge >= 0.3 is 0 Å². The minimum absolute atomic E-state index is 0.244. The average Bonchev–Trinajstić information content (AvgIpc) is 3.34. The van der Waals surface area contributed by atoms with Crippen molar-refractivity contribution in [1.29, 1.82) is 0 Å². The second-order valence-corrected chi connectivity index (χ2v) is 10.0. The Balaban J connectivity index is 1.24. The summed E-state index contributed by atoms with van der Waals surface area (Å²) in [6.07, 6.45) is 2.75. The second-order valence-electron chi connectivity index (χ2n) is 10.0. The van der Waals surface area contributed by atoms with Crippen molar-refractivity contribution in [2.75, 3.05) is 46.3 Å². The molecular formula is C29H35N5O. The van der Waals surface area contributed by atoms with Crippen molar-refractivity contribution in [1.82, 2.24) is 19.7 Å². The third kappa shape index (κ3) is 5.78. The molecule has 0 aliphatic carbocycles. The van der Waals surface area contributed by atoms with Crippen molar-refractivity contribution < 1.29 is 4.79 Å². The van der Waals surface area contributed by atoms with Gasteiger partial charge in [0.1, 0.15) is 0 Å². The van der Waals surface area contributed by atoms with E-state index in [4.69, 9.17) is 5.73 Å². The maximum atomic E-state index is 11.8. The molecule has 1 unspecified atom stereocenters. The highest BCUT2D eigenvalue weighted by molar-refractivity contribution is 5.94. The molecule has 6 heteroatoms. The predicted molar refractivity (Wildman–Crippen MR) is 140 cm³/mol. The van der Waals surface area contributed by atoms with Crippen molar-refractivity contribution in [3.63, 3.8) is 0 Å². The number of hydrogen-bond acceptors (Lipinski definition) is 5. The van der Waals surface area contributed by atoms with Gasteiger partial charge in [-0.15, -0.1) is 0 Å². The van der Waals surface area contributed by atoms with Gasteiger partial charge in [0.05, 0.1) is 11.3 Å². The first-order valence-electron chi connectivity index (χ1n) is 12.6. The van der Waals surface area contributed by atoms with Gasteiger partial charge in [-0.2, -0.15) is 0 Å². The van der Waals surface area contributed by atoms with Crippen LogP contribution in [0.25, 0.3) is 11.1 Å². The molecule has 3 aromatic rings. The number of likely N-dealkylation sites (tertiary alicyclic amines) is 1. The maximum Gasteiger partial charge on any atom is 0.250 e. The number of likely N-dealkylation sites (N-methyl/N-ethyl adjacent to an activating group) is 1. The molecule has 2 N–H and O–H groups in total. The number of hydrogen-bond donors (Lipinski definition) is 1. The summed E-state index contributed by atoms with van der Waals surface area (Å²) < 4.78 is 0. The van der Waals surface area contributed by atoms with Crippen LogP contribution in [0.15, 0.2) is 66.9 Å². The minimum atomic E-state index is -0.394. The lowest BCUT2D eigenvalue weighted by Crippen LogP contribution is -2.43. The van der Waals surface area contributed by atoms with Gasteiger partial charge in [0, 0.05) is 57.9 Å². The van der Waals surface area contributed by atoms with E-state index in [-0.39, 0.29) is 5.92 Å². The average molecular weight is 470 g/mol. The Morgan fingerprint density at radius 2 is 1.54 bits per heavy atom. The molecule has 2 aliphatic heterocycles. The molecule has 0 saturated carbocycles. The van der Waals surface area contributed by atoms with E-state index in [1.807, 2.05) is 0 Å². The Morgan fingerprint density at radius 1 is 0.886 bits per heavy atom. The topological polar surface area (TPSA) is 65.7 Å². The van der Waals surface area contributed by atoms with Crippen LogP contribution in [0.2, 0.25) is 0 Å². The fourth-order valence-corrected chi connectivity index (χ4v) is 5.37. The van der Waals surface area contributed by atoms with Crippen molar-refractivity contribution in [2.24, 2.45) is 5.73 Å². The SMILES string of the molecule is CN1CCN(Cc2cccc(-c3cccc(CN4CCC(c5ncccc5C(N)=O)C4)c3)c2)CC1. The van der Waals surface area contributed by atoms with Crippen LogP contribution in [0.4, 0.5) is 0 Å². The number of aromatic nitrogens is 1. The highest BCUT2D eigenvalue weighted by Gasteiger charge is 2.27. The summed E-state index contributed by atoms with van der Waals surface area (Å²) in [6.45, 7) is 8.33. The van der Waals surface area contributed by atoms with E-state index >= 15 is 0 Å². The van der Waals surface area contributed by atoms with Crippen LogP contribution in [0.5, 0.6) is 0 Å². The van der Waals surface area contributed by atoms with Gasteiger partial charge in [0.2, 0.25) is 0 Å². The van der Waals surface area contributed by atoms with Crippen LogP contribution in [-0.4, -0.2) is 71.9 Å². The fourth-order valence-electron chi connectivity index (χ4n) is 5.37. The molecule has 0 bridgehead atoms. The summed E-state index contributed by atoms with van der Waals surface area (Å²) in [4.78, 5) is 23.7. The molecule has 1 atom stereocenters. The zero-order valence-corrected chi connectivity index (χ0v) is 20.6. The van der Waals surface area contributed by atoms with E-state index < -0.39 is 5.91 Å². The molecule has 2 aromatic carbocycles. The molecule has 182 valence electrons. The van der Waals surface area contributed by atoms with Crippen LogP contribution in [0.1, 0.15) is 39.5 Å². The van der Waals surface area contributed by atoms with Gasteiger partial charge in [0.25, 0.3) is 5.91 Å². The number of benzene rings is 2. The predicted octanol–water partition coefficient (Wildman–Crippen LogP) is 3.58. The van der Waals surface area contributed by atoms with E-state index in [1.165, 1.54) is 22.3 Å². The van der Waals surface area contributed by atoms with Crippen molar-refractivity contribution in [3.8, 4) is 11.1 Å². The zero-order valence-electron chi connectivity index (χ0n) is 20.6. The van der Waals surface area contributed by atoms with Gasteiger partial charge in [-0.25, -0.2) is 0 Å². The number of rotatable bonds is 7. The van der Waals surface area contributed by atoms with Crippen LogP contribution in [0, 0.1) is 0 Å². The van der Waals surface area contributed by atoms with Gasteiger partial charge in [-0.05, 0) is 66.5 Å². The van der Waals surface area contributed by atoms with Crippen LogP contribution >= 0.6 is 0 Å². The van der Waals surface area contributed by atoms with Gasteiger partial charge in [0.15, 0.2) is 0 Å². The van der Waals surface area contributed by atoms with E-state index in [1.54, 1.807) is 18.3 Å². The van der Waals surface area contributed by atoms with Crippen LogP contribution in [-0.2, 0) is 13.1 Å². The molecule has 0 spiro atoms. The van der Waals surface area contributed by atoms with E-state index in [9.17, 15) is 4.79 Å². The van der Waals surface area contributed by atoms with Gasteiger partial charge < -0.3 is 10.6 Å². The number of nitrogens with two attached hydrogens (primary N) is 1. The first-order valence-corrected chi connectivity index (χ1v) is 12.6. The summed E-state index contributed by atoms with van der Waals surface area (Å²) >= 11 is 0. The normalized spacial score (nSPS) is 19.7. The van der Waals surface area contributed by atoms with Crippen LogP contribution in [0.3, 0.4) is 0 Å². The van der Waals surface area contributed by atoms with E-state index in [2.05, 4.69) is 75.3 Å². The smallest absolute Gasteiger partial charge is 0.250 e. The Morgan fingerprint density at radius 3 is 2.20 bits per heavy atom. The zero-order chi connectivity index (χ0) is 24.2. The van der Waals surface area contributed by atoms with E-state index in [0.29, 0.717) is 5.56 Å². The third-order valence-corrected chi connectivity index (χ3v) is 7.36. The first kappa shape index (κ1) is 23.7. The summed E-state index contributed by atoms with van der Waals surface area (Å²) in [6, 6.07) is 21.4. The molecule has 3 heterocycles. The first-order chi connectivity index (χ1) is 17.0. The standard InChI is InChI=1S/C29H35N5O/c1-32-13-15-33(16-14-32)19-22-5-2-7-24(17-22)25-8-3-6-23(18-25)20-34-12-10-26(21-34)28-27(29(30)35)9-4-11-31-28/h2-9,11,17-18,26H,10,12-16,19-21H2,1H3,(H2,30,35). The maximum absolute atomic E-state index is 11.8. The Bertz CT molecular complexity index is 1170. The number of pyridine rings is 1. The van der Waals surface area contributed by atoms with Crippen molar-refractivity contribution in [2.45, 2.75) is 25.4 Å². The number of carbonyl (C=O) groups is 1. The lowest BCUT2D eigenvalue weighted by atomic mass is 9.99. The second kappa shape index (κ2) is 10.7. The molecule has 6 nitrogen and oxygen atoms in total. The molecule has 2 aliphatic rings. The molecular weight excluding hydrogens is 434 g/mol. The van der Waals surface area contributed by atoms with Crippen molar-refractivity contribution >= 4 is 5.91 Å². The monoisotopic (exact) mass is 469 g/mol. The lowest BCUT2D eigenvalue weighted by molar-refractivity contribution is 0.0998. The highest BCUT2D eigenvalue weighted by atomic mass is 16.1. The van der Waals surface area contributed by atoms with Gasteiger partial charge in [-0.3, -0.25) is 19.6 Å². The molecule has 1 aromatic heterocycles. The number of carbonyl (C=O) groups excluding carboxylic acids is 1. The van der Waals surface area contributed by atoms with Crippen LogP contribution < -0.4 is 5.73 Å². The number of primary amides is 1. The summed E-state index contributed by atoms with van der Waals surface area (Å²) in [5.41, 5.74) is 12.2. The lowest BCUT2D eigenvalue weighted by Gasteiger charge is -2.32. The summed E-state index contributed by atoms with van der Waals surface area (Å²) in [5.74, 6) is -0.151. The quantitative estimate of drug-likeness (QED) is 0.573. The molecule has 2 fully saturated rings. The molecule has 5 rings (SSSR count). The molecule has 2 saturated heterocycles. The summed E-state index contributed by atoms with van der Waals surface area (Å²) in [7, 11) is 2.20. The minimum Gasteiger partial charge on any atom is -0.366 e. The largest absolute Gasteiger partial charge is 0.366 e. The fraction of sp³-hybridized carbons (Fsp3) is 0.379. The van der Waals surface area contributed by atoms with Gasteiger partial charge in [-0.1, -0.05) is 36.4 Å². The molecule has 35 heavy (non-hydrogen) atoms. The molecule has 0 radical (unpaired) electrons. The summed E-state index contributed by atoms with van der Waals surface area (Å²) in [5, 5.41) is 0. The Hall–Kier alpha value is -3.06. The Labute approximate surface area is 208 Å². The number of amides is 1. The van der Waals surface area contributed by atoms with Crippen molar-refractivity contribution in [3.05, 3.63) is 89.2 Å². The number of nitrogens with zero attached hydrogens (tertiary/aromatic N) is 4. The Kier molecular flexibility index (Phi) is 7.23. The van der Waals surface area contributed by atoms with E-state index in [0.717, 1.165) is 64.5 Å². The third-order valence-electron chi connectivity index (χ3n) is 7.36. The highest BCUT2D eigenvalue weighted by Crippen LogP contribution is 2.30. The number of piperazine rings is 1.